The number of fused-ring (bicyclic) bond motifs is 1. The molecule has 4 nitrogen and oxygen atoms in total. The molecule has 0 unspecified atom stereocenters. The van der Waals surface area contributed by atoms with Gasteiger partial charge in [-0.1, -0.05) is 43.2 Å². The molecule has 26 heavy (non-hydrogen) atoms. The first-order chi connectivity index (χ1) is 12.6. The van der Waals surface area contributed by atoms with Gasteiger partial charge in [0.25, 0.3) is 5.56 Å². The van der Waals surface area contributed by atoms with Crippen molar-refractivity contribution in [1.82, 2.24) is 4.98 Å². The highest BCUT2D eigenvalue weighted by Gasteiger charge is 2.17. The molecule has 0 saturated carbocycles. The van der Waals surface area contributed by atoms with Crippen molar-refractivity contribution >= 4 is 10.9 Å². The smallest absolute Gasteiger partial charge is 0.252 e. The predicted octanol–water partition coefficient (Wildman–Crippen LogP) is 4.40. The molecule has 0 spiro atoms. The second-order valence-corrected chi connectivity index (χ2v) is 6.58. The first-order valence-electron chi connectivity index (χ1n) is 8.92. The van der Waals surface area contributed by atoms with E-state index < -0.39 is 0 Å². The molecule has 0 atom stereocenters. The van der Waals surface area contributed by atoms with Crippen molar-refractivity contribution in [1.29, 1.82) is 0 Å². The molecule has 3 aromatic rings. The second-order valence-electron chi connectivity index (χ2n) is 6.58. The maximum Gasteiger partial charge on any atom is 0.252 e. The molecule has 0 saturated heterocycles. The standard InChI is InChI=1S/C22H25NO3/c1-5-7-17-18(11-15-9-6-8-14(2)10-15)22(24)23-19-12-16(25-3)13-20(26-4)21(17)19/h6,8-10,12-13H,5,7,11H2,1-4H3,(H,23,24). The van der Waals surface area contributed by atoms with Gasteiger partial charge in [0, 0.05) is 29.5 Å². The number of aromatic amines is 1. The fourth-order valence-electron chi connectivity index (χ4n) is 3.50. The summed E-state index contributed by atoms with van der Waals surface area (Å²) in [4.78, 5) is 15.9. The maximum absolute atomic E-state index is 12.9. The van der Waals surface area contributed by atoms with Gasteiger partial charge in [-0.05, 0) is 24.5 Å². The van der Waals surface area contributed by atoms with Gasteiger partial charge >= 0.3 is 0 Å². The van der Waals surface area contributed by atoms with E-state index in [1.54, 1.807) is 14.2 Å². The van der Waals surface area contributed by atoms with Crippen molar-refractivity contribution in [2.75, 3.05) is 14.2 Å². The van der Waals surface area contributed by atoms with Gasteiger partial charge in [-0.2, -0.15) is 0 Å². The zero-order valence-electron chi connectivity index (χ0n) is 15.8. The molecule has 2 aromatic carbocycles. The van der Waals surface area contributed by atoms with Crippen LogP contribution in [0.25, 0.3) is 10.9 Å². The summed E-state index contributed by atoms with van der Waals surface area (Å²) in [6.45, 7) is 4.19. The van der Waals surface area contributed by atoms with E-state index in [-0.39, 0.29) is 5.56 Å². The molecule has 4 heteroatoms. The average Bonchev–Trinajstić information content (AvgIpc) is 2.63. The third-order valence-corrected chi connectivity index (χ3v) is 4.68. The van der Waals surface area contributed by atoms with Crippen LogP contribution in [0.2, 0.25) is 0 Å². The summed E-state index contributed by atoms with van der Waals surface area (Å²) in [7, 11) is 3.26. The van der Waals surface area contributed by atoms with E-state index in [2.05, 4.69) is 37.0 Å². The van der Waals surface area contributed by atoms with Crippen molar-refractivity contribution in [3.05, 3.63) is 69.0 Å². The van der Waals surface area contributed by atoms with E-state index >= 15 is 0 Å². The molecule has 1 heterocycles. The molecular formula is C22H25NO3. The van der Waals surface area contributed by atoms with Gasteiger partial charge in [-0.3, -0.25) is 4.79 Å². The number of hydrogen-bond acceptors (Lipinski definition) is 3. The molecule has 0 bridgehead atoms. The van der Waals surface area contributed by atoms with Crippen molar-refractivity contribution in [2.24, 2.45) is 0 Å². The van der Waals surface area contributed by atoms with Crippen LogP contribution >= 0.6 is 0 Å². The lowest BCUT2D eigenvalue weighted by Gasteiger charge is -2.16. The molecule has 0 radical (unpaired) electrons. The predicted molar refractivity (Wildman–Crippen MR) is 106 cm³/mol. The normalized spacial score (nSPS) is 10.9. The van der Waals surface area contributed by atoms with E-state index in [0.717, 1.165) is 46.2 Å². The van der Waals surface area contributed by atoms with Gasteiger partial charge in [0.05, 0.1) is 19.7 Å². The minimum Gasteiger partial charge on any atom is -0.497 e. The summed E-state index contributed by atoms with van der Waals surface area (Å²) in [6, 6.07) is 12.0. The Hall–Kier alpha value is -2.75. The SMILES string of the molecule is CCCc1c(Cc2cccc(C)c2)c(=O)[nH]c2cc(OC)cc(OC)c12. The van der Waals surface area contributed by atoms with Crippen molar-refractivity contribution in [3.8, 4) is 11.5 Å². The third kappa shape index (κ3) is 3.45. The first-order valence-corrected chi connectivity index (χ1v) is 8.92. The summed E-state index contributed by atoms with van der Waals surface area (Å²) in [5.74, 6) is 1.39. The average molecular weight is 351 g/mol. The number of methoxy groups -OCH3 is 2. The van der Waals surface area contributed by atoms with Crippen molar-refractivity contribution in [2.45, 2.75) is 33.1 Å². The summed E-state index contributed by atoms with van der Waals surface area (Å²) < 4.78 is 11.0. The zero-order chi connectivity index (χ0) is 18.7. The van der Waals surface area contributed by atoms with Crippen LogP contribution in [0.1, 0.15) is 35.6 Å². The summed E-state index contributed by atoms with van der Waals surface area (Å²) in [5.41, 5.74) is 4.92. The fraction of sp³-hybridized carbons (Fsp3) is 0.318. The zero-order valence-corrected chi connectivity index (χ0v) is 15.8. The third-order valence-electron chi connectivity index (χ3n) is 4.68. The first kappa shape index (κ1) is 18.1. The van der Waals surface area contributed by atoms with Gasteiger partial charge in [-0.25, -0.2) is 0 Å². The Morgan fingerprint density at radius 3 is 2.50 bits per heavy atom. The van der Waals surface area contributed by atoms with Crippen LogP contribution in [-0.4, -0.2) is 19.2 Å². The lowest BCUT2D eigenvalue weighted by atomic mass is 9.94. The van der Waals surface area contributed by atoms with Crippen molar-refractivity contribution in [3.63, 3.8) is 0 Å². The number of hydrogen-bond donors (Lipinski definition) is 1. The monoisotopic (exact) mass is 351 g/mol. The molecule has 0 amide bonds. The largest absolute Gasteiger partial charge is 0.497 e. The number of nitrogens with one attached hydrogen (secondary N) is 1. The summed E-state index contributed by atoms with van der Waals surface area (Å²) >= 11 is 0. The van der Waals surface area contributed by atoms with Gasteiger partial charge < -0.3 is 14.5 Å². The molecular weight excluding hydrogens is 326 g/mol. The van der Waals surface area contributed by atoms with Crippen LogP contribution in [0, 0.1) is 6.92 Å². The minimum atomic E-state index is -0.0437. The van der Waals surface area contributed by atoms with Crippen LogP contribution in [0.5, 0.6) is 11.5 Å². The molecule has 1 N–H and O–H groups in total. The number of benzene rings is 2. The molecule has 1 aromatic heterocycles. The number of pyridine rings is 1. The highest BCUT2D eigenvalue weighted by atomic mass is 16.5. The van der Waals surface area contributed by atoms with Crippen LogP contribution in [0.4, 0.5) is 0 Å². The highest BCUT2D eigenvalue weighted by Crippen LogP contribution is 2.34. The van der Waals surface area contributed by atoms with Crippen molar-refractivity contribution < 1.29 is 9.47 Å². The Bertz CT molecular complexity index is 989. The molecule has 0 aliphatic rings. The quantitative estimate of drug-likeness (QED) is 0.716. The minimum absolute atomic E-state index is 0.0437. The molecule has 0 aliphatic carbocycles. The molecule has 136 valence electrons. The number of ether oxygens (including phenoxy) is 2. The Balaban J connectivity index is 2.26. The fourth-order valence-corrected chi connectivity index (χ4v) is 3.50. The summed E-state index contributed by atoms with van der Waals surface area (Å²) in [5, 5.41) is 0.970. The van der Waals surface area contributed by atoms with E-state index in [4.69, 9.17) is 9.47 Å². The highest BCUT2D eigenvalue weighted by molar-refractivity contribution is 5.90. The lowest BCUT2D eigenvalue weighted by molar-refractivity contribution is 0.397. The van der Waals surface area contributed by atoms with E-state index in [0.29, 0.717) is 12.2 Å². The number of rotatable bonds is 6. The lowest BCUT2D eigenvalue weighted by Crippen LogP contribution is -2.17. The van der Waals surface area contributed by atoms with Gasteiger partial charge in [-0.15, -0.1) is 0 Å². The van der Waals surface area contributed by atoms with Gasteiger partial charge in [0.1, 0.15) is 11.5 Å². The Kier molecular flexibility index (Phi) is 5.31. The topological polar surface area (TPSA) is 51.3 Å². The van der Waals surface area contributed by atoms with E-state index in [1.165, 1.54) is 5.56 Å². The van der Waals surface area contributed by atoms with Crippen LogP contribution < -0.4 is 15.0 Å². The Morgan fingerprint density at radius 2 is 1.85 bits per heavy atom. The maximum atomic E-state index is 12.9. The summed E-state index contributed by atoms with van der Waals surface area (Å²) in [6.07, 6.45) is 2.39. The number of aromatic nitrogens is 1. The van der Waals surface area contributed by atoms with E-state index in [1.807, 2.05) is 18.2 Å². The van der Waals surface area contributed by atoms with Crippen LogP contribution in [0.3, 0.4) is 0 Å². The molecule has 0 aliphatic heterocycles. The Morgan fingerprint density at radius 1 is 1.04 bits per heavy atom. The Labute approximate surface area is 153 Å². The van der Waals surface area contributed by atoms with Gasteiger partial charge in [0.15, 0.2) is 0 Å². The van der Waals surface area contributed by atoms with Crippen LogP contribution in [-0.2, 0) is 12.8 Å². The van der Waals surface area contributed by atoms with E-state index in [9.17, 15) is 4.79 Å². The van der Waals surface area contributed by atoms with Crippen LogP contribution in [0.15, 0.2) is 41.2 Å². The second kappa shape index (κ2) is 7.65. The van der Waals surface area contributed by atoms with Gasteiger partial charge in [0.2, 0.25) is 0 Å². The molecule has 0 fully saturated rings. The number of aryl methyl sites for hydroxylation is 2. The number of H-pyrrole nitrogens is 1. The molecule has 3 rings (SSSR count).